The van der Waals surface area contributed by atoms with E-state index in [-0.39, 0.29) is 30.3 Å². The zero-order valence-corrected chi connectivity index (χ0v) is 15.0. The number of amides is 1. The summed E-state index contributed by atoms with van der Waals surface area (Å²) < 4.78 is 18.6. The summed E-state index contributed by atoms with van der Waals surface area (Å²) in [6, 6.07) is 14.0. The molecule has 27 heavy (non-hydrogen) atoms. The molecule has 3 atom stereocenters. The SMILES string of the molecule is COc1ccc(C2C3C=CCN2CN(C(=O)Cc2cccc(F)c2)O3)cc1. The fraction of sp³-hybridized carbons (Fsp3) is 0.286. The topological polar surface area (TPSA) is 42.0 Å². The number of hydroxylamine groups is 2. The molecule has 0 aromatic heterocycles. The number of ether oxygens (including phenoxy) is 1. The summed E-state index contributed by atoms with van der Waals surface area (Å²) in [5, 5.41) is 1.39. The van der Waals surface area contributed by atoms with E-state index in [1.807, 2.05) is 30.3 Å². The van der Waals surface area contributed by atoms with Crippen molar-refractivity contribution >= 4 is 5.91 Å². The number of rotatable bonds is 4. The minimum absolute atomic E-state index is 0.0409. The van der Waals surface area contributed by atoms with Crippen LogP contribution in [0.2, 0.25) is 0 Å². The number of fused-ring (bicyclic) bond motifs is 2. The second kappa shape index (κ2) is 7.50. The first kappa shape index (κ1) is 17.7. The van der Waals surface area contributed by atoms with Gasteiger partial charge in [0.15, 0.2) is 0 Å². The van der Waals surface area contributed by atoms with Gasteiger partial charge in [0, 0.05) is 6.54 Å². The van der Waals surface area contributed by atoms with Crippen molar-refractivity contribution in [3.63, 3.8) is 0 Å². The third-order valence-electron chi connectivity index (χ3n) is 4.91. The molecule has 2 bridgehead atoms. The zero-order valence-electron chi connectivity index (χ0n) is 15.0. The van der Waals surface area contributed by atoms with Crippen LogP contribution in [0.4, 0.5) is 4.39 Å². The Balaban J connectivity index is 1.49. The van der Waals surface area contributed by atoms with E-state index in [2.05, 4.69) is 11.0 Å². The van der Waals surface area contributed by atoms with Crippen molar-refractivity contribution in [3.05, 3.63) is 77.6 Å². The van der Waals surface area contributed by atoms with Crippen LogP contribution in [0, 0.1) is 5.82 Å². The van der Waals surface area contributed by atoms with E-state index in [9.17, 15) is 9.18 Å². The molecule has 0 radical (unpaired) electrons. The van der Waals surface area contributed by atoms with Crippen LogP contribution < -0.4 is 4.74 Å². The zero-order chi connectivity index (χ0) is 18.8. The van der Waals surface area contributed by atoms with Crippen molar-refractivity contribution in [2.24, 2.45) is 0 Å². The van der Waals surface area contributed by atoms with Crippen LogP contribution in [0.25, 0.3) is 0 Å². The van der Waals surface area contributed by atoms with Crippen molar-refractivity contribution in [1.29, 1.82) is 0 Å². The largest absolute Gasteiger partial charge is 0.497 e. The number of hydrogen-bond acceptors (Lipinski definition) is 4. The van der Waals surface area contributed by atoms with E-state index in [1.165, 1.54) is 17.2 Å². The molecule has 0 spiro atoms. The molecule has 4 rings (SSSR count). The van der Waals surface area contributed by atoms with Crippen molar-refractivity contribution in [2.45, 2.75) is 18.6 Å². The van der Waals surface area contributed by atoms with E-state index in [4.69, 9.17) is 9.57 Å². The highest BCUT2D eigenvalue weighted by Crippen LogP contribution is 2.35. The first-order valence-electron chi connectivity index (χ1n) is 8.90. The average Bonchev–Trinajstić information content (AvgIpc) is 2.67. The number of nitrogens with zero attached hydrogens (tertiary/aromatic N) is 2. The van der Waals surface area contributed by atoms with E-state index in [1.54, 1.807) is 19.2 Å². The maximum atomic E-state index is 13.4. The van der Waals surface area contributed by atoms with E-state index in [0.717, 1.165) is 17.9 Å². The average molecular weight is 368 g/mol. The predicted molar refractivity (Wildman–Crippen MR) is 98.3 cm³/mol. The summed E-state index contributed by atoms with van der Waals surface area (Å²) in [5.41, 5.74) is 1.75. The van der Waals surface area contributed by atoms with Crippen LogP contribution in [0.15, 0.2) is 60.7 Å². The van der Waals surface area contributed by atoms with Crippen molar-refractivity contribution in [1.82, 2.24) is 9.96 Å². The molecule has 5 nitrogen and oxygen atoms in total. The highest BCUT2D eigenvalue weighted by molar-refractivity contribution is 5.77. The summed E-state index contributed by atoms with van der Waals surface area (Å²) in [6.45, 7) is 1.10. The Kier molecular flexibility index (Phi) is 4.92. The molecular formula is C21H21FN2O3. The summed E-state index contributed by atoms with van der Waals surface area (Å²) in [5.74, 6) is 0.278. The molecule has 2 aliphatic heterocycles. The van der Waals surface area contributed by atoms with E-state index in [0.29, 0.717) is 12.2 Å². The number of methoxy groups -OCH3 is 1. The van der Waals surface area contributed by atoms with Crippen LogP contribution in [-0.4, -0.2) is 42.3 Å². The third kappa shape index (κ3) is 3.72. The molecular weight excluding hydrogens is 347 g/mol. The lowest BCUT2D eigenvalue weighted by Crippen LogP contribution is -2.55. The molecule has 0 saturated carbocycles. The molecule has 3 unspecified atom stereocenters. The van der Waals surface area contributed by atoms with Gasteiger partial charge >= 0.3 is 0 Å². The van der Waals surface area contributed by atoms with Crippen LogP contribution >= 0.6 is 0 Å². The lowest BCUT2D eigenvalue weighted by molar-refractivity contribution is -0.254. The Hall–Kier alpha value is -2.70. The third-order valence-corrected chi connectivity index (χ3v) is 4.91. The second-order valence-corrected chi connectivity index (χ2v) is 6.71. The number of carbonyl (C=O) groups excluding carboxylic acids is 1. The molecule has 2 aromatic carbocycles. The van der Waals surface area contributed by atoms with Gasteiger partial charge in [-0.2, -0.15) is 0 Å². The van der Waals surface area contributed by atoms with Crippen LogP contribution in [0.1, 0.15) is 17.2 Å². The fourth-order valence-corrected chi connectivity index (χ4v) is 3.59. The van der Waals surface area contributed by atoms with Crippen LogP contribution in [0.5, 0.6) is 5.75 Å². The Labute approximate surface area is 157 Å². The molecule has 2 aliphatic rings. The second-order valence-electron chi connectivity index (χ2n) is 6.71. The van der Waals surface area contributed by atoms with Crippen molar-refractivity contribution in [2.75, 3.05) is 20.3 Å². The Morgan fingerprint density at radius 2 is 2.07 bits per heavy atom. The minimum atomic E-state index is -0.344. The van der Waals surface area contributed by atoms with Crippen LogP contribution in [-0.2, 0) is 16.1 Å². The monoisotopic (exact) mass is 368 g/mol. The van der Waals surface area contributed by atoms with Gasteiger partial charge in [0.25, 0.3) is 5.91 Å². The number of hydrogen-bond donors (Lipinski definition) is 0. The first-order chi connectivity index (χ1) is 13.1. The summed E-state index contributed by atoms with van der Waals surface area (Å²) in [6.07, 6.45) is 3.90. The van der Waals surface area contributed by atoms with Gasteiger partial charge in [-0.25, -0.2) is 9.45 Å². The van der Waals surface area contributed by atoms with Crippen molar-refractivity contribution < 1.29 is 18.8 Å². The summed E-state index contributed by atoms with van der Waals surface area (Å²) in [7, 11) is 1.64. The normalized spacial score (nSPS) is 23.9. The molecule has 140 valence electrons. The maximum Gasteiger partial charge on any atom is 0.251 e. The van der Waals surface area contributed by atoms with Gasteiger partial charge in [-0.15, -0.1) is 0 Å². The smallest absolute Gasteiger partial charge is 0.251 e. The van der Waals surface area contributed by atoms with Gasteiger partial charge in [-0.3, -0.25) is 14.5 Å². The van der Waals surface area contributed by atoms with Gasteiger partial charge in [-0.05, 0) is 35.4 Å². The summed E-state index contributed by atoms with van der Waals surface area (Å²) >= 11 is 0. The maximum absolute atomic E-state index is 13.4. The first-order valence-corrected chi connectivity index (χ1v) is 8.90. The molecule has 2 aromatic rings. The standard InChI is InChI=1S/C21H21FN2O3/c1-26-18-9-7-16(8-10-18)21-19-6-3-11-23(21)14-24(27-19)20(25)13-15-4-2-5-17(22)12-15/h2-10,12,19,21H,11,13-14H2,1H3. The molecule has 2 heterocycles. The molecule has 0 aliphatic carbocycles. The van der Waals surface area contributed by atoms with Crippen LogP contribution in [0.3, 0.4) is 0 Å². The highest BCUT2D eigenvalue weighted by atomic mass is 19.1. The lowest BCUT2D eigenvalue weighted by atomic mass is 9.96. The minimum Gasteiger partial charge on any atom is -0.497 e. The van der Waals surface area contributed by atoms with Gasteiger partial charge in [0.05, 0.1) is 19.6 Å². The quantitative estimate of drug-likeness (QED) is 0.778. The Morgan fingerprint density at radius 3 is 2.78 bits per heavy atom. The number of halogens is 1. The molecule has 0 N–H and O–H groups in total. The number of benzene rings is 2. The Bertz CT molecular complexity index is 853. The van der Waals surface area contributed by atoms with E-state index < -0.39 is 0 Å². The molecule has 1 amide bonds. The molecule has 6 heteroatoms. The van der Waals surface area contributed by atoms with Crippen molar-refractivity contribution in [3.8, 4) is 5.75 Å². The van der Waals surface area contributed by atoms with Gasteiger partial charge in [0.2, 0.25) is 0 Å². The number of carbonyl (C=O) groups is 1. The Morgan fingerprint density at radius 1 is 1.26 bits per heavy atom. The molecule has 1 saturated heterocycles. The summed E-state index contributed by atoms with van der Waals surface area (Å²) in [4.78, 5) is 20.8. The highest BCUT2D eigenvalue weighted by Gasteiger charge is 2.39. The molecule has 1 fully saturated rings. The van der Waals surface area contributed by atoms with Gasteiger partial charge < -0.3 is 4.74 Å². The van der Waals surface area contributed by atoms with E-state index >= 15 is 0 Å². The fourth-order valence-electron chi connectivity index (χ4n) is 3.59. The predicted octanol–water partition coefficient (Wildman–Crippen LogP) is 3.09. The van der Waals surface area contributed by atoms with Gasteiger partial charge in [-0.1, -0.05) is 36.4 Å². The lowest BCUT2D eigenvalue weighted by Gasteiger charge is -2.46. The van der Waals surface area contributed by atoms with Gasteiger partial charge in [0.1, 0.15) is 24.3 Å².